The molecule has 0 amide bonds. The summed E-state index contributed by atoms with van der Waals surface area (Å²) < 4.78 is 4.67. The third kappa shape index (κ3) is 3.82. The van der Waals surface area contributed by atoms with E-state index < -0.39 is 5.97 Å². The number of rotatable bonds is 5. The number of alkyl halides is 2. The van der Waals surface area contributed by atoms with Gasteiger partial charge >= 0.3 is 5.97 Å². The van der Waals surface area contributed by atoms with Crippen LogP contribution in [-0.2, 0) is 21.8 Å². The number of Topliss-reactive ketones (excluding diaryl/α,β-unsaturated/α-hetero) is 1. The first-order valence-corrected chi connectivity index (χ1v) is 6.61. The molecule has 0 spiro atoms. The van der Waals surface area contributed by atoms with E-state index >= 15 is 0 Å². The average molecular weight is 320 g/mol. The first-order chi connectivity index (χ1) is 8.12. The average Bonchev–Trinajstić information content (AvgIpc) is 2.37. The van der Waals surface area contributed by atoms with E-state index in [0.717, 1.165) is 5.56 Å². The van der Waals surface area contributed by atoms with Gasteiger partial charge in [-0.15, -0.1) is 11.6 Å². The molecule has 0 aliphatic rings. The summed E-state index contributed by atoms with van der Waals surface area (Å²) in [6, 6.07) is 5.15. The normalized spacial score (nSPS) is 10.1. The molecule has 5 heteroatoms. The van der Waals surface area contributed by atoms with Crippen molar-refractivity contribution in [1.82, 2.24) is 0 Å². The van der Waals surface area contributed by atoms with Crippen molar-refractivity contribution in [1.29, 1.82) is 0 Å². The summed E-state index contributed by atoms with van der Waals surface area (Å²) in [5.41, 5.74) is 1.94. The lowest BCUT2D eigenvalue weighted by molar-refractivity contribution is -0.115. The number of hydrogen-bond acceptors (Lipinski definition) is 3. The number of esters is 1. The number of carbonyl (C=O) groups is 2. The Balaban J connectivity index is 3.11. The number of halogens is 2. The van der Waals surface area contributed by atoms with Crippen LogP contribution in [-0.4, -0.2) is 24.2 Å². The van der Waals surface area contributed by atoms with Crippen LogP contribution in [0.15, 0.2) is 18.2 Å². The first kappa shape index (κ1) is 14.2. The van der Waals surface area contributed by atoms with Gasteiger partial charge in [-0.3, -0.25) is 4.79 Å². The lowest BCUT2D eigenvalue weighted by atomic mass is 10.0. The molecule has 0 atom stereocenters. The molecule has 3 nitrogen and oxygen atoms in total. The number of ketones is 1. The van der Waals surface area contributed by atoms with Crippen molar-refractivity contribution in [3.05, 3.63) is 34.9 Å². The monoisotopic (exact) mass is 318 g/mol. The molecule has 0 aliphatic carbocycles. The van der Waals surface area contributed by atoms with Crippen LogP contribution in [0.25, 0.3) is 0 Å². The molecule has 0 aliphatic heterocycles. The summed E-state index contributed by atoms with van der Waals surface area (Å²) in [6.07, 6.45) is 0.195. The van der Waals surface area contributed by atoms with Gasteiger partial charge in [-0.2, -0.15) is 0 Å². The van der Waals surface area contributed by atoms with Gasteiger partial charge in [0, 0.05) is 12.3 Å². The van der Waals surface area contributed by atoms with Gasteiger partial charge in [-0.1, -0.05) is 28.1 Å². The van der Waals surface area contributed by atoms with Crippen molar-refractivity contribution in [2.45, 2.75) is 12.3 Å². The van der Waals surface area contributed by atoms with Crippen molar-refractivity contribution >= 4 is 39.3 Å². The summed E-state index contributed by atoms with van der Waals surface area (Å²) in [7, 11) is 1.31. The maximum absolute atomic E-state index is 11.5. The van der Waals surface area contributed by atoms with E-state index in [9.17, 15) is 9.59 Å². The van der Waals surface area contributed by atoms with Crippen molar-refractivity contribution in [3.63, 3.8) is 0 Å². The van der Waals surface area contributed by atoms with E-state index in [1.165, 1.54) is 7.11 Å². The Labute approximate surface area is 113 Å². The summed E-state index contributed by atoms with van der Waals surface area (Å²) in [5.74, 6) is -0.0953. The minimum Gasteiger partial charge on any atom is -0.465 e. The molecule has 0 saturated carbocycles. The largest absolute Gasteiger partial charge is 0.465 e. The van der Waals surface area contributed by atoms with Crippen LogP contribution in [0.2, 0.25) is 0 Å². The Morgan fingerprint density at radius 3 is 2.65 bits per heavy atom. The van der Waals surface area contributed by atoms with Crippen molar-refractivity contribution in [2.24, 2.45) is 0 Å². The lowest BCUT2D eigenvalue weighted by Gasteiger charge is -2.08. The fraction of sp³-hybridized carbons (Fsp3) is 0.333. The van der Waals surface area contributed by atoms with E-state index in [0.29, 0.717) is 17.0 Å². The second-order valence-corrected chi connectivity index (χ2v) is 4.29. The highest BCUT2D eigenvalue weighted by Gasteiger charge is 2.14. The zero-order valence-electron chi connectivity index (χ0n) is 9.33. The molecular formula is C12H12BrClO3. The summed E-state index contributed by atoms with van der Waals surface area (Å²) in [5, 5.41) is 0.263. The summed E-state index contributed by atoms with van der Waals surface area (Å²) >= 11 is 8.82. The van der Waals surface area contributed by atoms with E-state index in [2.05, 4.69) is 20.7 Å². The number of ether oxygens (including phenoxy) is 1. The Bertz CT molecular complexity index is 432. The minimum absolute atomic E-state index is 0.00174. The third-order valence-corrected chi connectivity index (χ3v) is 3.20. The minimum atomic E-state index is -0.441. The van der Waals surface area contributed by atoms with Crippen LogP contribution >= 0.6 is 27.5 Å². The fourth-order valence-electron chi connectivity index (χ4n) is 1.45. The van der Waals surface area contributed by atoms with Gasteiger partial charge in [0.05, 0.1) is 18.0 Å². The van der Waals surface area contributed by atoms with Crippen LogP contribution in [0.1, 0.15) is 21.5 Å². The van der Waals surface area contributed by atoms with Crippen LogP contribution in [0.4, 0.5) is 0 Å². The van der Waals surface area contributed by atoms with Crippen LogP contribution in [0, 0.1) is 0 Å². The topological polar surface area (TPSA) is 43.4 Å². The SMILES string of the molecule is COC(=O)c1ccc(CCl)cc1CC(=O)CBr. The molecule has 1 aromatic carbocycles. The van der Waals surface area contributed by atoms with Gasteiger partial charge in [0.2, 0.25) is 0 Å². The van der Waals surface area contributed by atoms with Crippen LogP contribution < -0.4 is 0 Å². The fourth-order valence-corrected chi connectivity index (χ4v) is 1.81. The molecular weight excluding hydrogens is 307 g/mol. The number of methoxy groups -OCH3 is 1. The number of hydrogen-bond donors (Lipinski definition) is 0. The lowest BCUT2D eigenvalue weighted by Crippen LogP contribution is -2.11. The Morgan fingerprint density at radius 1 is 1.41 bits per heavy atom. The molecule has 0 saturated heterocycles. The van der Waals surface area contributed by atoms with Gasteiger partial charge in [-0.05, 0) is 17.2 Å². The van der Waals surface area contributed by atoms with Crippen molar-refractivity contribution in [2.75, 3.05) is 12.4 Å². The second-order valence-electron chi connectivity index (χ2n) is 3.47. The molecule has 0 N–H and O–H groups in total. The van der Waals surface area contributed by atoms with E-state index in [-0.39, 0.29) is 17.5 Å². The second kappa shape index (κ2) is 6.77. The van der Waals surface area contributed by atoms with Gasteiger partial charge in [0.25, 0.3) is 0 Å². The van der Waals surface area contributed by atoms with Crippen molar-refractivity contribution in [3.8, 4) is 0 Å². The maximum Gasteiger partial charge on any atom is 0.338 e. The van der Waals surface area contributed by atoms with Crippen LogP contribution in [0.3, 0.4) is 0 Å². The van der Waals surface area contributed by atoms with Gasteiger partial charge in [0.1, 0.15) is 5.78 Å². The van der Waals surface area contributed by atoms with Crippen molar-refractivity contribution < 1.29 is 14.3 Å². The molecule has 1 aromatic rings. The quantitative estimate of drug-likeness (QED) is 0.619. The third-order valence-electron chi connectivity index (χ3n) is 2.27. The molecule has 1 rings (SSSR count). The van der Waals surface area contributed by atoms with E-state index in [4.69, 9.17) is 11.6 Å². The van der Waals surface area contributed by atoms with Gasteiger partial charge < -0.3 is 4.74 Å². The summed E-state index contributed by atoms with van der Waals surface area (Å²) in [6.45, 7) is 0. The Hall–Kier alpha value is -0.870. The Morgan fingerprint density at radius 2 is 2.12 bits per heavy atom. The van der Waals surface area contributed by atoms with Gasteiger partial charge in [-0.25, -0.2) is 4.79 Å². The van der Waals surface area contributed by atoms with E-state index in [1.54, 1.807) is 18.2 Å². The van der Waals surface area contributed by atoms with E-state index in [1.807, 2.05) is 0 Å². The molecule has 0 radical (unpaired) electrons. The highest BCUT2D eigenvalue weighted by Crippen LogP contribution is 2.16. The number of carbonyl (C=O) groups excluding carboxylic acids is 2. The predicted molar refractivity (Wildman–Crippen MR) is 69.8 cm³/mol. The van der Waals surface area contributed by atoms with Gasteiger partial charge in [0.15, 0.2) is 0 Å². The standard InChI is InChI=1S/C12H12BrClO3/c1-17-12(16)11-3-2-8(7-14)4-9(11)5-10(15)6-13/h2-4H,5-7H2,1H3. The Kier molecular flexibility index (Phi) is 5.65. The smallest absolute Gasteiger partial charge is 0.338 e. The molecule has 92 valence electrons. The predicted octanol–water partition coefficient (Wildman–Crippen LogP) is 2.72. The zero-order valence-corrected chi connectivity index (χ0v) is 11.7. The number of benzene rings is 1. The molecule has 0 unspecified atom stereocenters. The molecule has 0 aromatic heterocycles. The molecule has 0 bridgehead atoms. The summed E-state index contributed by atoms with van der Waals surface area (Å²) in [4.78, 5) is 22.9. The highest BCUT2D eigenvalue weighted by molar-refractivity contribution is 9.09. The molecule has 17 heavy (non-hydrogen) atoms. The van der Waals surface area contributed by atoms with Crippen LogP contribution in [0.5, 0.6) is 0 Å². The molecule has 0 heterocycles. The maximum atomic E-state index is 11.5. The molecule has 0 fully saturated rings. The highest BCUT2D eigenvalue weighted by atomic mass is 79.9. The first-order valence-electron chi connectivity index (χ1n) is 4.96. The zero-order chi connectivity index (χ0) is 12.8.